The van der Waals surface area contributed by atoms with E-state index in [0.29, 0.717) is 24.7 Å². The van der Waals surface area contributed by atoms with Crippen LogP contribution >= 0.6 is 0 Å². The molecule has 0 aliphatic carbocycles. The summed E-state index contributed by atoms with van der Waals surface area (Å²) in [6.07, 6.45) is -0.840. The van der Waals surface area contributed by atoms with E-state index in [0.717, 1.165) is 11.3 Å². The molecule has 0 radical (unpaired) electrons. The van der Waals surface area contributed by atoms with Crippen LogP contribution in [0.25, 0.3) is 0 Å². The maximum absolute atomic E-state index is 10.1. The molecular formula is C18H25N3O3. The number of nitrogens with one attached hydrogen (secondary N) is 1. The molecule has 6 nitrogen and oxygen atoms in total. The SMILES string of the molecule is CCOc1cc(C(N)CN)ccc1OCC(O)Nc1ccccc1. The van der Waals surface area contributed by atoms with Crippen LogP contribution < -0.4 is 26.3 Å². The Labute approximate surface area is 142 Å². The van der Waals surface area contributed by atoms with Crippen LogP contribution in [0.4, 0.5) is 5.69 Å². The number of ether oxygens (including phenoxy) is 2. The minimum atomic E-state index is -0.840. The summed E-state index contributed by atoms with van der Waals surface area (Å²) < 4.78 is 11.3. The van der Waals surface area contributed by atoms with Crippen molar-refractivity contribution in [1.82, 2.24) is 0 Å². The number of hydrogen-bond donors (Lipinski definition) is 4. The highest BCUT2D eigenvalue weighted by molar-refractivity contribution is 5.45. The number of aliphatic hydroxyl groups excluding tert-OH is 1. The zero-order valence-electron chi connectivity index (χ0n) is 13.8. The molecule has 0 aliphatic rings. The van der Waals surface area contributed by atoms with E-state index in [4.69, 9.17) is 20.9 Å². The molecule has 2 unspecified atom stereocenters. The van der Waals surface area contributed by atoms with E-state index in [-0.39, 0.29) is 12.6 Å². The molecule has 0 aromatic heterocycles. The van der Waals surface area contributed by atoms with Gasteiger partial charge in [-0.1, -0.05) is 24.3 Å². The third kappa shape index (κ3) is 5.13. The number of aliphatic hydroxyl groups is 1. The van der Waals surface area contributed by atoms with Gasteiger partial charge in [0.2, 0.25) is 0 Å². The molecule has 2 rings (SSSR count). The van der Waals surface area contributed by atoms with Crippen molar-refractivity contribution in [3.8, 4) is 11.5 Å². The van der Waals surface area contributed by atoms with Crippen molar-refractivity contribution in [2.45, 2.75) is 19.2 Å². The minimum Gasteiger partial charge on any atom is -0.490 e. The molecule has 2 atom stereocenters. The van der Waals surface area contributed by atoms with Crippen molar-refractivity contribution >= 4 is 5.69 Å². The summed E-state index contributed by atoms with van der Waals surface area (Å²) in [5.41, 5.74) is 13.3. The first-order chi connectivity index (χ1) is 11.6. The molecule has 0 saturated carbocycles. The van der Waals surface area contributed by atoms with Crippen molar-refractivity contribution in [2.75, 3.05) is 25.1 Å². The summed E-state index contributed by atoms with van der Waals surface area (Å²) in [4.78, 5) is 0. The summed E-state index contributed by atoms with van der Waals surface area (Å²) in [7, 11) is 0. The Balaban J connectivity index is 2.00. The fourth-order valence-corrected chi connectivity index (χ4v) is 2.22. The van der Waals surface area contributed by atoms with Crippen molar-refractivity contribution in [3.05, 3.63) is 54.1 Å². The van der Waals surface area contributed by atoms with Crippen LogP contribution in [0.1, 0.15) is 18.5 Å². The van der Waals surface area contributed by atoms with E-state index in [1.807, 2.05) is 49.4 Å². The fourth-order valence-electron chi connectivity index (χ4n) is 2.22. The summed E-state index contributed by atoms with van der Waals surface area (Å²) in [6.45, 7) is 2.83. The third-order valence-corrected chi connectivity index (χ3v) is 3.45. The molecule has 0 bridgehead atoms. The Kier molecular flexibility index (Phi) is 6.87. The summed E-state index contributed by atoms with van der Waals surface area (Å²) in [5, 5.41) is 13.0. The van der Waals surface area contributed by atoms with E-state index in [2.05, 4.69) is 5.32 Å². The van der Waals surface area contributed by atoms with Gasteiger partial charge in [-0.3, -0.25) is 0 Å². The van der Waals surface area contributed by atoms with Gasteiger partial charge in [0.1, 0.15) is 6.61 Å². The van der Waals surface area contributed by atoms with E-state index < -0.39 is 6.23 Å². The first kappa shape index (κ1) is 18.1. The second kappa shape index (κ2) is 9.12. The molecule has 0 aliphatic heterocycles. The summed E-state index contributed by atoms with van der Waals surface area (Å²) in [6, 6.07) is 14.7. The second-order valence-corrected chi connectivity index (χ2v) is 5.32. The molecule has 24 heavy (non-hydrogen) atoms. The Morgan fingerprint density at radius 1 is 1.08 bits per heavy atom. The highest BCUT2D eigenvalue weighted by atomic mass is 16.5. The molecule has 130 valence electrons. The van der Waals surface area contributed by atoms with Gasteiger partial charge >= 0.3 is 0 Å². The van der Waals surface area contributed by atoms with Crippen LogP contribution in [0.15, 0.2) is 48.5 Å². The number of hydrogen-bond acceptors (Lipinski definition) is 6. The average molecular weight is 331 g/mol. The van der Waals surface area contributed by atoms with Crippen LogP contribution in [0.3, 0.4) is 0 Å². The predicted molar refractivity (Wildman–Crippen MR) is 95.2 cm³/mol. The van der Waals surface area contributed by atoms with Gasteiger partial charge < -0.3 is 31.4 Å². The van der Waals surface area contributed by atoms with Crippen LogP contribution in [0.2, 0.25) is 0 Å². The lowest BCUT2D eigenvalue weighted by atomic mass is 10.1. The van der Waals surface area contributed by atoms with Crippen molar-refractivity contribution in [1.29, 1.82) is 0 Å². The standard InChI is InChI=1S/C18H25N3O3/c1-2-23-17-10-13(15(20)11-19)8-9-16(17)24-12-18(22)21-14-6-4-3-5-7-14/h3-10,15,18,21-22H,2,11-12,19-20H2,1H3. The summed E-state index contributed by atoms with van der Waals surface area (Å²) >= 11 is 0. The molecule has 0 fully saturated rings. The second-order valence-electron chi connectivity index (χ2n) is 5.32. The zero-order valence-corrected chi connectivity index (χ0v) is 13.8. The van der Waals surface area contributed by atoms with Crippen LogP contribution in [-0.2, 0) is 0 Å². The van der Waals surface area contributed by atoms with Crippen LogP contribution in [0, 0.1) is 0 Å². The first-order valence-electron chi connectivity index (χ1n) is 7.99. The third-order valence-electron chi connectivity index (χ3n) is 3.45. The highest BCUT2D eigenvalue weighted by Crippen LogP contribution is 2.30. The lowest BCUT2D eigenvalue weighted by Crippen LogP contribution is -2.26. The van der Waals surface area contributed by atoms with E-state index in [1.54, 1.807) is 6.07 Å². The van der Waals surface area contributed by atoms with Gasteiger partial charge in [-0.2, -0.15) is 0 Å². The minimum absolute atomic E-state index is 0.0806. The van der Waals surface area contributed by atoms with Crippen molar-refractivity contribution in [2.24, 2.45) is 11.5 Å². The van der Waals surface area contributed by atoms with E-state index >= 15 is 0 Å². The normalized spacial score (nSPS) is 13.2. The smallest absolute Gasteiger partial charge is 0.161 e. The average Bonchev–Trinajstić information content (AvgIpc) is 2.61. The molecule has 2 aromatic rings. The Morgan fingerprint density at radius 3 is 2.50 bits per heavy atom. The van der Waals surface area contributed by atoms with Crippen LogP contribution in [0.5, 0.6) is 11.5 Å². The molecule has 6 heteroatoms. The van der Waals surface area contributed by atoms with Gasteiger partial charge in [0.05, 0.1) is 6.61 Å². The zero-order chi connectivity index (χ0) is 17.4. The summed E-state index contributed by atoms with van der Waals surface area (Å²) in [5.74, 6) is 1.14. The quantitative estimate of drug-likeness (QED) is 0.523. The number of rotatable bonds is 9. The molecule has 0 saturated heterocycles. The largest absolute Gasteiger partial charge is 0.490 e. The van der Waals surface area contributed by atoms with Crippen molar-refractivity contribution in [3.63, 3.8) is 0 Å². The van der Waals surface area contributed by atoms with Gasteiger partial charge in [0, 0.05) is 18.3 Å². The molecule has 6 N–H and O–H groups in total. The van der Waals surface area contributed by atoms with Gasteiger partial charge in [-0.05, 0) is 36.8 Å². The molecule has 0 heterocycles. The lowest BCUT2D eigenvalue weighted by Gasteiger charge is -2.18. The molecule has 0 amide bonds. The Bertz CT molecular complexity index is 622. The van der Waals surface area contributed by atoms with E-state index in [9.17, 15) is 5.11 Å². The molecular weight excluding hydrogens is 306 g/mol. The topological polar surface area (TPSA) is 103 Å². The van der Waals surface area contributed by atoms with Gasteiger partial charge in [0.25, 0.3) is 0 Å². The van der Waals surface area contributed by atoms with Gasteiger partial charge in [-0.15, -0.1) is 0 Å². The predicted octanol–water partition coefficient (Wildman–Crippen LogP) is 1.85. The number of para-hydroxylation sites is 1. The number of benzene rings is 2. The van der Waals surface area contributed by atoms with Crippen molar-refractivity contribution < 1.29 is 14.6 Å². The molecule has 2 aromatic carbocycles. The maximum Gasteiger partial charge on any atom is 0.161 e. The van der Waals surface area contributed by atoms with Crippen LogP contribution in [-0.4, -0.2) is 31.1 Å². The number of nitrogens with two attached hydrogens (primary N) is 2. The fraction of sp³-hybridized carbons (Fsp3) is 0.333. The number of anilines is 1. The Morgan fingerprint density at radius 2 is 1.83 bits per heavy atom. The van der Waals surface area contributed by atoms with E-state index in [1.165, 1.54) is 0 Å². The first-order valence-corrected chi connectivity index (χ1v) is 7.99. The lowest BCUT2D eigenvalue weighted by molar-refractivity contribution is 0.126. The van der Waals surface area contributed by atoms with Gasteiger partial charge in [-0.25, -0.2) is 0 Å². The monoisotopic (exact) mass is 331 g/mol. The van der Waals surface area contributed by atoms with Gasteiger partial charge in [0.15, 0.2) is 17.7 Å². The maximum atomic E-state index is 10.1. The highest BCUT2D eigenvalue weighted by Gasteiger charge is 2.12. The molecule has 0 spiro atoms. The Hall–Kier alpha value is -2.28.